The smallest absolute Gasteiger partial charge is 0.261 e. The molecule has 0 heterocycles. The van der Waals surface area contributed by atoms with Crippen LogP contribution in [0, 0.1) is 12.7 Å². The fourth-order valence-electron chi connectivity index (χ4n) is 2.65. The third-order valence-corrected chi connectivity index (χ3v) is 5.80. The summed E-state index contributed by atoms with van der Waals surface area (Å²) in [5.74, 6) is -1.03. The van der Waals surface area contributed by atoms with Gasteiger partial charge in [-0.15, -0.1) is 0 Å². The van der Waals surface area contributed by atoms with Crippen molar-refractivity contribution < 1.29 is 22.4 Å². The summed E-state index contributed by atoms with van der Waals surface area (Å²) in [6, 6.07) is 15.8. The van der Waals surface area contributed by atoms with E-state index in [1.807, 2.05) is 0 Å². The lowest BCUT2D eigenvalue weighted by Crippen LogP contribution is -2.14. The molecule has 154 valence electrons. The van der Waals surface area contributed by atoms with Gasteiger partial charge in [0.2, 0.25) is 0 Å². The predicted octanol–water partition coefficient (Wildman–Crippen LogP) is 4.39. The minimum Gasteiger partial charge on any atom is -0.322 e. The van der Waals surface area contributed by atoms with Gasteiger partial charge in [-0.2, -0.15) is 0 Å². The highest BCUT2D eigenvalue weighted by Gasteiger charge is 2.15. The van der Waals surface area contributed by atoms with E-state index < -0.39 is 21.7 Å². The number of carbonyl (C=O) groups is 2. The number of nitrogens with one attached hydrogen (secondary N) is 2. The molecule has 0 spiro atoms. The van der Waals surface area contributed by atoms with Gasteiger partial charge < -0.3 is 5.32 Å². The van der Waals surface area contributed by atoms with Crippen molar-refractivity contribution in [2.24, 2.45) is 0 Å². The average molecular weight is 426 g/mol. The van der Waals surface area contributed by atoms with Crippen LogP contribution in [0.1, 0.15) is 33.2 Å². The first-order chi connectivity index (χ1) is 14.2. The van der Waals surface area contributed by atoms with Crippen LogP contribution in [0.4, 0.5) is 15.8 Å². The first-order valence-corrected chi connectivity index (χ1v) is 10.5. The zero-order valence-corrected chi connectivity index (χ0v) is 17.1. The quantitative estimate of drug-likeness (QED) is 0.572. The van der Waals surface area contributed by atoms with E-state index in [1.54, 1.807) is 19.1 Å². The molecule has 0 aliphatic rings. The van der Waals surface area contributed by atoms with Gasteiger partial charge in [0.05, 0.1) is 4.90 Å². The lowest BCUT2D eigenvalue weighted by molar-refractivity contribution is 0.101. The molecule has 0 unspecified atom stereocenters. The number of hydrogen-bond donors (Lipinski definition) is 2. The van der Waals surface area contributed by atoms with Crippen LogP contribution in [-0.4, -0.2) is 20.1 Å². The van der Waals surface area contributed by atoms with Crippen LogP contribution in [0.25, 0.3) is 0 Å². The summed E-state index contributed by atoms with van der Waals surface area (Å²) >= 11 is 0. The van der Waals surface area contributed by atoms with Crippen molar-refractivity contribution in [2.75, 3.05) is 10.0 Å². The summed E-state index contributed by atoms with van der Waals surface area (Å²) in [7, 11) is -3.85. The third kappa shape index (κ3) is 4.90. The highest BCUT2D eigenvalue weighted by atomic mass is 32.2. The van der Waals surface area contributed by atoms with Gasteiger partial charge in [0.25, 0.3) is 15.9 Å². The van der Waals surface area contributed by atoms with E-state index in [4.69, 9.17) is 0 Å². The van der Waals surface area contributed by atoms with E-state index in [2.05, 4.69) is 10.0 Å². The number of aryl methyl sites for hydroxylation is 1. The molecule has 2 N–H and O–H groups in total. The Morgan fingerprint density at radius 3 is 1.97 bits per heavy atom. The minimum atomic E-state index is -3.85. The zero-order chi connectivity index (χ0) is 21.9. The number of anilines is 2. The van der Waals surface area contributed by atoms with Crippen molar-refractivity contribution in [2.45, 2.75) is 18.7 Å². The molecule has 0 radical (unpaired) electrons. The van der Waals surface area contributed by atoms with Crippen LogP contribution >= 0.6 is 0 Å². The molecule has 0 saturated carbocycles. The molecular formula is C22H19FN2O4S. The van der Waals surface area contributed by atoms with Gasteiger partial charge in [-0.3, -0.25) is 14.3 Å². The van der Waals surface area contributed by atoms with Gasteiger partial charge in [0, 0.05) is 22.5 Å². The maximum Gasteiger partial charge on any atom is 0.261 e. The molecule has 1 amide bonds. The molecule has 3 rings (SSSR count). The Kier molecular flexibility index (Phi) is 5.98. The zero-order valence-electron chi connectivity index (χ0n) is 16.3. The Morgan fingerprint density at radius 1 is 0.833 bits per heavy atom. The van der Waals surface area contributed by atoms with Crippen LogP contribution in [0.15, 0.2) is 71.6 Å². The van der Waals surface area contributed by atoms with Crippen LogP contribution in [-0.2, 0) is 10.0 Å². The number of amides is 1. The van der Waals surface area contributed by atoms with Gasteiger partial charge >= 0.3 is 0 Å². The Bertz CT molecular complexity index is 1200. The fraction of sp³-hybridized carbons (Fsp3) is 0.0909. The molecule has 3 aromatic rings. The number of ketones is 1. The highest BCUT2D eigenvalue weighted by molar-refractivity contribution is 7.92. The molecule has 8 heteroatoms. The van der Waals surface area contributed by atoms with Gasteiger partial charge in [-0.1, -0.05) is 18.2 Å². The van der Waals surface area contributed by atoms with Gasteiger partial charge in [0.1, 0.15) is 5.82 Å². The molecule has 6 nitrogen and oxygen atoms in total. The Labute approximate surface area is 173 Å². The van der Waals surface area contributed by atoms with Crippen molar-refractivity contribution >= 4 is 33.1 Å². The van der Waals surface area contributed by atoms with Crippen molar-refractivity contribution in [1.82, 2.24) is 0 Å². The molecule has 0 atom stereocenters. The topological polar surface area (TPSA) is 92.3 Å². The van der Waals surface area contributed by atoms with Crippen molar-refractivity contribution in [1.29, 1.82) is 0 Å². The lowest BCUT2D eigenvalue weighted by atomic mass is 10.1. The van der Waals surface area contributed by atoms with Crippen LogP contribution in [0.3, 0.4) is 0 Å². The summed E-state index contributed by atoms with van der Waals surface area (Å²) in [5.41, 5.74) is 1.76. The molecule has 0 saturated heterocycles. The van der Waals surface area contributed by atoms with Gasteiger partial charge in [-0.25, -0.2) is 12.8 Å². The van der Waals surface area contributed by atoms with E-state index in [0.29, 0.717) is 16.8 Å². The second-order valence-electron chi connectivity index (χ2n) is 6.68. The third-order valence-electron chi connectivity index (χ3n) is 4.40. The molecule has 0 aromatic heterocycles. The van der Waals surface area contributed by atoms with Gasteiger partial charge in [-0.05, 0) is 67.9 Å². The number of carbonyl (C=O) groups excluding carboxylic acids is 2. The predicted molar refractivity (Wildman–Crippen MR) is 113 cm³/mol. The van der Waals surface area contributed by atoms with Crippen molar-refractivity contribution in [3.05, 3.63) is 89.2 Å². The largest absolute Gasteiger partial charge is 0.322 e. The van der Waals surface area contributed by atoms with Gasteiger partial charge in [0.15, 0.2) is 5.78 Å². The summed E-state index contributed by atoms with van der Waals surface area (Å²) in [5, 5.41) is 2.59. The monoisotopic (exact) mass is 426 g/mol. The summed E-state index contributed by atoms with van der Waals surface area (Å²) in [6.07, 6.45) is 0. The van der Waals surface area contributed by atoms with E-state index in [9.17, 15) is 22.4 Å². The summed E-state index contributed by atoms with van der Waals surface area (Å²) in [4.78, 5) is 23.6. The maximum atomic E-state index is 13.6. The van der Waals surface area contributed by atoms with E-state index in [-0.39, 0.29) is 21.9 Å². The Balaban J connectivity index is 1.70. The minimum absolute atomic E-state index is 0.00992. The average Bonchev–Trinajstić information content (AvgIpc) is 2.71. The Hall–Kier alpha value is -3.52. The molecule has 30 heavy (non-hydrogen) atoms. The fourth-order valence-corrected chi connectivity index (χ4v) is 3.71. The number of Topliss-reactive ketones (excluding diaryl/α,β-unsaturated/α-hetero) is 1. The van der Waals surface area contributed by atoms with E-state index >= 15 is 0 Å². The van der Waals surface area contributed by atoms with Crippen LogP contribution in [0.2, 0.25) is 0 Å². The normalized spacial score (nSPS) is 11.0. The molecule has 0 bridgehead atoms. The second-order valence-corrected chi connectivity index (χ2v) is 8.36. The van der Waals surface area contributed by atoms with Crippen LogP contribution in [0.5, 0.6) is 0 Å². The van der Waals surface area contributed by atoms with E-state index in [1.165, 1.54) is 61.5 Å². The first-order valence-electron chi connectivity index (χ1n) is 8.97. The Morgan fingerprint density at radius 2 is 1.40 bits per heavy atom. The van der Waals surface area contributed by atoms with Crippen LogP contribution < -0.4 is 10.0 Å². The molecule has 0 aliphatic heterocycles. The standard InChI is InChI=1S/C22H19FN2O4S/c1-14-3-8-19(13-21(14)23)24-22(27)17-4-9-18(10-5-17)25-30(28,29)20-11-6-16(7-12-20)15(2)26/h3-13,25H,1-2H3,(H,24,27). The van der Waals surface area contributed by atoms with Crippen molar-refractivity contribution in [3.8, 4) is 0 Å². The number of hydrogen-bond acceptors (Lipinski definition) is 4. The van der Waals surface area contributed by atoms with E-state index in [0.717, 1.165) is 0 Å². The number of rotatable bonds is 6. The number of halogens is 1. The summed E-state index contributed by atoms with van der Waals surface area (Å²) in [6.45, 7) is 3.02. The maximum absolute atomic E-state index is 13.6. The molecular weight excluding hydrogens is 407 g/mol. The number of sulfonamides is 1. The highest BCUT2D eigenvalue weighted by Crippen LogP contribution is 2.19. The number of benzene rings is 3. The molecule has 0 aliphatic carbocycles. The summed E-state index contributed by atoms with van der Waals surface area (Å²) < 4.78 is 41.0. The van der Waals surface area contributed by atoms with Crippen molar-refractivity contribution in [3.63, 3.8) is 0 Å². The molecule has 3 aromatic carbocycles. The molecule has 0 fully saturated rings. The lowest BCUT2D eigenvalue weighted by Gasteiger charge is -2.10. The SMILES string of the molecule is CC(=O)c1ccc(S(=O)(=O)Nc2ccc(C(=O)Nc3ccc(C)c(F)c3)cc2)cc1. The first kappa shape index (κ1) is 21.2. The second kappa shape index (κ2) is 8.46.